The molecule has 3 rings (SSSR count). The molecule has 2 aliphatic heterocycles. The molecule has 0 aromatic heterocycles. The van der Waals surface area contributed by atoms with Crippen LogP contribution in [0.5, 0.6) is 0 Å². The quantitative estimate of drug-likeness (QED) is 0.800. The highest BCUT2D eigenvalue weighted by atomic mass is 19.1. The summed E-state index contributed by atoms with van der Waals surface area (Å²) in [6, 6.07) is 6.49. The van der Waals surface area contributed by atoms with Gasteiger partial charge in [0.2, 0.25) is 0 Å². The van der Waals surface area contributed by atoms with E-state index in [1.807, 2.05) is 0 Å². The zero-order valence-electron chi connectivity index (χ0n) is 13.1. The van der Waals surface area contributed by atoms with Crippen LogP contribution in [0.3, 0.4) is 0 Å². The van der Waals surface area contributed by atoms with Gasteiger partial charge in [0.1, 0.15) is 11.9 Å². The van der Waals surface area contributed by atoms with Crippen LogP contribution >= 0.6 is 0 Å². The second kappa shape index (κ2) is 6.66. The zero-order valence-corrected chi connectivity index (χ0v) is 13.1. The van der Waals surface area contributed by atoms with Gasteiger partial charge in [0.15, 0.2) is 0 Å². The lowest BCUT2D eigenvalue weighted by molar-refractivity contribution is -0.162. The van der Waals surface area contributed by atoms with E-state index >= 15 is 0 Å². The minimum absolute atomic E-state index is 0.233. The molecule has 2 aliphatic rings. The molecule has 2 heterocycles. The Morgan fingerprint density at radius 2 is 2.13 bits per heavy atom. The van der Waals surface area contributed by atoms with E-state index in [9.17, 15) is 9.18 Å². The van der Waals surface area contributed by atoms with Crippen LogP contribution in [0.1, 0.15) is 31.2 Å². The molecular weight excluding hydrogens is 301 g/mol. The number of hydrogen-bond donors (Lipinski definition) is 0. The molecule has 1 aromatic carbocycles. The van der Waals surface area contributed by atoms with E-state index in [2.05, 4.69) is 5.16 Å². The summed E-state index contributed by atoms with van der Waals surface area (Å²) >= 11 is 0. The summed E-state index contributed by atoms with van der Waals surface area (Å²) < 4.78 is 24.2. The van der Waals surface area contributed by atoms with Crippen LogP contribution in [0.4, 0.5) is 4.39 Å². The van der Waals surface area contributed by atoms with Crippen molar-refractivity contribution in [1.29, 1.82) is 0 Å². The Bertz CT molecular complexity index is 610. The average Bonchev–Trinajstić information content (AvgIpc) is 3.03. The molecule has 0 radical (unpaired) electrons. The maximum absolute atomic E-state index is 13.9. The Labute approximate surface area is 134 Å². The van der Waals surface area contributed by atoms with Crippen molar-refractivity contribution in [2.75, 3.05) is 20.3 Å². The molecule has 1 saturated heterocycles. The van der Waals surface area contributed by atoms with Crippen molar-refractivity contribution in [2.45, 2.75) is 31.8 Å². The molecule has 23 heavy (non-hydrogen) atoms. The van der Waals surface area contributed by atoms with E-state index in [0.29, 0.717) is 50.2 Å². The SMILES string of the molecule is COC(=O)C1(C[C@@H]2CC(c3ccccc3F)=NO2)CCOCC1. The normalized spacial score (nSPS) is 23.0. The van der Waals surface area contributed by atoms with Crippen LogP contribution < -0.4 is 0 Å². The largest absolute Gasteiger partial charge is 0.469 e. The molecule has 0 saturated carbocycles. The summed E-state index contributed by atoms with van der Waals surface area (Å²) in [5.74, 6) is -0.548. The molecular formula is C17H20FNO4. The molecule has 1 atom stereocenters. The maximum Gasteiger partial charge on any atom is 0.312 e. The molecule has 0 aliphatic carbocycles. The molecule has 124 valence electrons. The summed E-state index contributed by atoms with van der Waals surface area (Å²) in [7, 11) is 1.40. The van der Waals surface area contributed by atoms with Gasteiger partial charge >= 0.3 is 5.97 Å². The van der Waals surface area contributed by atoms with Gasteiger partial charge in [-0.1, -0.05) is 23.4 Å². The monoisotopic (exact) mass is 321 g/mol. The summed E-state index contributed by atoms with van der Waals surface area (Å²) in [6.07, 6.45) is 1.95. The number of halogens is 1. The van der Waals surface area contributed by atoms with Gasteiger partial charge in [-0.3, -0.25) is 4.79 Å². The smallest absolute Gasteiger partial charge is 0.312 e. The molecule has 0 N–H and O–H groups in total. The molecule has 0 unspecified atom stereocenters. The van der Waals surface area contributed by atoms with E-state index in [-0.39, 0.29) is 17.9 Å². The number of ether oxygens (including phenoxy) is 2. The van der Waals surface area contributed by atoms with Gasteiger partial charge in [-0.25, -0.2) is 4.39 Å². The molecule has 6 heteroatoms. The van der Waals surface area contributed by atoms with E-state index in [1.165, 1.54) is 13.2 Å². The Morgan fingerprint density at radius 3 is 2.83 bits per heavy atom. The third kappa shape index (κ3) is 3.22. The third-order valence-corrected chi connectivity index (χ3v) is 4.60. The van der Waals surface area contributed by atoms with Crippen molar-refractivity contribution in [3.05, 3.63) is 35.6 Å². The van der Waals surface area contributed by atoms with E-state index in [1.54, 1.807) is 18.2 Å². The van der Waals surface area contributed by atoms with Gasteiger partial charge in [0, 0.05) is 31.6 Å². The van der Waals surface area contributed by atoms with Gasteiger partial charge in [0.25, 0.3) is 0 Å². The molecule has 0 amide bonds. The molecule has 5 nitrogen and oxygen atoms in total. The Kier molecular flexibility index (Phi) is 4.61. The van der Waals surface area contributed by atoms with Crippen molar-refractivity contribution in [3.63, 3.8) is 0 Å². The zero-order chi connectivity index (χ0) is 16.3. The first-order chi connectivity index (χ1) is 11.1. The molecule has 0 bridgehead atoms. The Balaban J connectivity index is 1.70. The first-order valence-corrected chi connectivity index (χ1v) is 7.78. The van der Waals surface area contributed by atoms with Crippen LogP contribution in [0.15, 0.2) is 29.4 Å². The lowest BCUT2D eigenvalue weighted by atomic mass is 9.75. The van der Waals surface area contributed by atoms with Crippen molar-refractivity contribution in [2.24, 2.45) is 10.6 Å². The summed E-state index contributed by atoms with van der Waals surface area (Å²) in [6.45, 7) is 1.06. The maximum atomic E-state index is 13.9. The lowest BCUT2D eigenvalue weighted by Crippen LogP contribution is -2.41. The second-order valence-corrected chi connectivity index (χ2v) is 6.04. The minimum atomic E-state index is -0.599. The first-order valence-electron chi connectivity index (χ1n) is 7.78. The van der Waals surface area contributed by atoms with Crippen LogP contribution in [0.25, 0.3) is 0 Å². The van der Waals surface area contributed by atoms with Gasteiger partial charge in [-0.15, -0.1) is 0 Å². The van der Waals surface area contributed by atoms with Gasteiger partial charge in [-0.05, 0) is 18.9 Å². The fraction of sp³-hybridized carbons (Fsp3) is 0.529. The van der Waals surface area contributed by atoms with Crippen molar-refractivity contribution in [1.82, 2.24) is 0 Å². The predicted molar refractivity (Wildman–Crippen MR) is 81.5 cm³/mol. The molecule has 1 fully saturated rings. The highest BCUT2D eigenvalue weighted by molar-refractivity contribution is 6.01. The topological polar surface area (TPSA) is 57.1 Å². The van der Waals surface area contributed by atoms with E-state index in [4.69, 9.17) is 14.3 Å². The number of nitrogens with zero attached hydrogens (tertiary/aromatic N) is 1. The van der Waals surface area contributed by atoms with Crippen LogP contribution in [0, 0.1) is 11.2 Å². The minimum Gasteiger partial charge on any atom is -0.469 e. The summed E-state index contributed by atoms with van der Waals surface area (Å²) in [5, 5.41) is 4.02. The molecule has 0 spiro atoms. The summed E-state index contributed by atoms with van der Waals surface area (Å²) in [4.78, 5) is 17.7. The number of esters is 1. The number of benzene rings is 1. The second-order valence-electron chi connectivity index (χ2n) is 6.04. The number of oxime groups is 1. The van der Waals surface area contributed by atoms with Crippen molar-refractivity contribution >= 4 is 11.7 Å². The van der Waals surface area contributed by atoms with Crippen molar-refractivity contribution in [3.8, 4) is 0 Å². The van der Waals surface area contributed by atoms with E-state index in [0.717, 1.165) is 0 Å². The lowest BCUT2D eigenvalue weighted by Gasteiger charge is -2.35. The fourth-order valence-electron chi connectivity index (χ4n) is 3.30. The van der Waals surface area contributed by atoms with Gasteiger partial charge in [0.05, 0.1) is 18.2 Å². The standard InChI is InChI=1S/C17H20FNO4/c1-21-16(20)17(6-8-22-9-7-17)11-12-10-15(19-23-12)13-4-2-3-5-14(13)18/h2-5,12H,6-11H2,1H3/t12-/m0/s1. The number of methoxy groups -OCH3 is 1. The van der Waals surface area contributed by atoms with Crippen molar-refractivity contribution < 1.29 is 23.5 Å². The fourth-order valence-corrected chi connectivity index (χ4v) is 3.30. The number of rotatable bonds is 4. The van der Waals surface area contributed by atoms with Crippen LogP contribution in [0.2, 0.25) is 0 Å². The average molecular weight is 321 g/mol. The Hall–Kier alpha value is -1.95. The predicted octanol–water partition coefficient (Wildman–Crippen LogP) is 2.68. The van der Waals surface area contributed by atoms with Crippen LogP contribution in [-0.2, 0) is 19.1 Å². The van der Waals surface area contributed by atoms with Crippen LogP contribution in [-0.4, -0.2) is 38.1 Å². The number of hydrogen-bond acceptors (Lipinski definition) is 5. The first kappa shape index (κ1) is 15.9. The molecule has 1 aromatic rings. The number of carbonyl (C=O) groups excluding carboxylic acids is 1. The van der Waals surface area contributed by atoms with Gasteiger partial charge in [-0.2, -0.15) is 0 Å². The number of carbonyl (C=O) groups is 1. The van der Waals surface area contributed by atoms with Gasteiger partial charge < -0.3 is 14.3 Å². The third-order valence-electron chi connectivity index (χ3n) is 4.60. The highest BCUT2D eigenvalue weighted by Crippen LogP contribution is 2.39. The summed E-state index contributed by atoms with van der Waals surface area (Å²) in [5.41, 5.74) is 0.437. The highest BCUT2D eigenvalue weighted by Gasteiger charge is 2.44. The Morgan fingerprint density at radius 1 is 1.39 bits per heavy atom. The van der Waals surface area contributed by atoms with E-state index < -0.39 is 5.41 Å².